The Kier molecular flexibility index (Phi) is 5.15. The second-order valence-electron chi connectivity index (χ2n) is 5.29. The summed E-state index contributed by atoms with van der Waals surface area (Å²) in [7, 11) is 1.10. The van der Waals surface area contributed by atoms with Crippen molar-refractivity contribution in [2.75, 3.05) is 12.4 Å². The van der Waals surface area contributed by atoms with Crippen LogP contribution in [-0.4, -0.2) is 40.6 Å². The number of hydrogen-bond donors (Lipinski definition) is 2. The molecule has 1 aromatic rings. The molecule has 0 unspecified atom stereocenters. The van der Waals surface area contributed by atoms with Crippen molar-refractivity contribution in [3.8, 4) is 5.88 Å². The first kappa shape index (κ1) is 16.7. The molecule has 0 bridgehead atoms. The van der Waals surface area contributed by atoms with Gasteiger partial charge < -0.3 is 19.9 Å². The van der Waals surface area contributed by atoms with Crippen molar-refractivity contribution in [2.45, 2.75) is 37.7 Å². The van der Waals surface area contributed by atoms with Gasteiger partial charge in [-0.3, -0.25) is 4.79 Å². The van der Waals surface area contributed by atoms with Crippen molar-refractivity contribution in [2.24, 2.45) is 0 Å². The zero-order chi connectivity index (χ0) is 16.9. The third-order valence-electron chi connectivity index (χ3n) is 3.72. The Balaban J connectivity index is 2.05. The number of aromatic nitrogens is 1. The van der Waals surface area contributed by atoms with E-state index in [2.05, 4.69) is 15.0 Å². The minimum atomic E-state index is -1.25. The summed E-state index contributed by atoms with van der Waals surface area (Å²) in [5, 5.41) is 11.8. The molecule has 124 valence electrons. The van der Waals surface area contributed by atoms with Gasteiger partial charge in [0.1, 0.15) is 0 Å². The molecule has 0 spiro atoms. The van der Waals surface area contributed by atoms with E-state index in [1.54, 1.807) is 0 Å². The summed E-state index contributed by atoms with van der Waals surface area (Å²) in [6, 6.07) is 2.92. The van der Waals surface area contributed by atoms with E-state index in [1.807, 2.05) is 0 Å². The Bertz CT molecular complexity index is 592. The normalized spacial score (nSPS) is 16.2. The molecule has 1 aromatic heterocycles. The number of methoxy groups -OCH3 is 1. The molecule has 0 radical (unpaired) electrons. The number of rotatable bonds is 4. The highest BCUT2D eigenvalue weighted by atomic mass is 16.5. The van der Waals surface area contributed by atoms with Crippen LogP contribution in [0.4, 0.5) is 5.69 Å². The van der Waals surface area contributed by atoms with E-state index in [-0.39, 0.29) is 11.6 Å². The number of hydrogen-bond acceptors (Lipinski definition) is 6. The SMILES string of the molecule is COC(=O)C(=O)Nc1ccc(OC2(C(=O)O)CCCCC2)nc1. The highest BCUT2D eigenvalue weighted by Crippen LogP contribution is 2.33. The number of carbonyl (C=O) groups is 3. The lowest BCUT2D eigenvalue weighted by molar-refractivity contribution is -0.158. The van der Waals surface area contributed by atoms with Gasteiger partial charge in [-0.25, -0.2) is 14.6 Å². The number of nitrogens with one attached hydrogen (secondary N) is 1. The Morgan fingerprint density at radius 1 is 1.22 bits per heavy atom. The van der Waals surface area contributed by atoms with Crippen molar-refractivity contribution < 1.29 is 29.0 Å². The van der Waals surface area contributed by atoms with Crippen LogP contribution in [0.15, 0.2) is 18.3 Å². The lowest BCUT2D eigenvalue weighted by atomic mass is 9.84. The molecule has 2 rings (SSSR count). The average molecular weight is 322 g/mol. The van der Waals surface area contributed by atoms with Gasteiger partial charge in [0.2, 0.25) is 11.5 Å². The summed E-state index contributed by atoms with van der Waals surface area (Å²) in [5.41, 5.74) is -0.969. The number of pyridine rings is 1. The van der Waals surface area contributed by atoms with Gasteiger partial charge in [-0.1, -0.05) is 6.42 Å². The summed E-state index contributed by atoms with van der Waals surface area (Å²) in [6.07, 6.45) is 4.73. The number of carboxylic acids is 1. The predicted octanol–water partition coefficient (Wildman–Crippen LogP) is 1.36. The lowest BCUT2D eigenvalue weighted by Crippen LogP contribution is -2.46. The Morgan fingerprint density at radius 3 is 2.43 bits per heavy atom. The summed E-state index contributed by atoms with van der Waals surface area (Å²) < 4.78 is 9.90. The predicted molar refractivity (Wildman–Crippen MR) is 79.0 cm³/mol. The number of amides is 1. The molecule has 1 amide bonds. The second-order valence-corrected chi connectivity index (χ2v) is 5.29. The molecule has 1 fully saturated rings. The Morgan fingerprint density at radius 2 is 1.91 bits per heavy atom. The van der Waals surface area contributed by atoms with E-state index in [4.69, 9.17) is 4.74 Å². The number of carboxylic acid groups (broad SMARTS) is 1. The lowest BCUT2D eigenvalue weighted by Gasteiger charge is -2.33. The molecular weight excluding hydrogens is 304 g/mol. The van der Waals surface area contributed by atoms with Gasteiger partial charge in [0.15, 0.2) is 0 Å². The molecule has 0 saturated heterocycles. The van der Waals surface area contributed by atoms with E-state index >= 15 is 0 Å². The maximum atomic E-state index is 11.5. The quantitative estimate of drug-likeness (QED) is 0.635. The van der Waals surface area contributed by atoms with Crippen LogP contribution in [0.2, 0.25) is 0 Å². The number of esters is 1. The topological polar surface area (TPSA) is 115 Å². The van der Waals surface area contributed by atoms with Crippen molar-refractivity contribution in [3.05, 3.63) is 18.3 Å². The van der Waals surface area contributed by atoms with Crippen LogP contribution >= 0.6 is 0 Å². The van der Waals surface area contributed by atoms with Crippen molar-refractivity contribution in [1.82, 2.24) is 4.98 Å². The largest absolute Gasteiger partial charge is 0.478 e. The maximum Gasteiger partial charge on any atom is 0.396 e. The van der Waals surface area contributed by atoms with Crippen LogP contribution < -0.4 is 10.1 Å². The number of aliphatic carboxylic acids is 1. The smallest absolute Gasteiger partial charge is 0.396 e. The van der Waals surface area contributed by atoms with E-state index in [0.717, 1.165) is 26.4 Å². The standard InChI is InChI=1S/C15H18N2O6/c1-22-13(19)12(18)17-10-5-6-11(16-9-10)23-15(14(20)21)7-3-2-4-8-15/h5-6,9H,2-4,7-8H2,1H3,(H,17,18)(H,20,21). The van der Waals surface area contributed by atoms with Crippen LogP contribution in [0.1, 0.15) is 32.1 Å². The van der Waals surface area contributed by atoms with Gasteiger partial charge in [-0.05, 0) is 31.7 Å². The Hall–Kier alpha value is -2.64. The molecule has 1 saturated carbocycles. The highest BCUT2D eigenvalue weighted by molar-refractivity contribution is 6.37. The zero-order valence-electron chi connectivity index (χ0n) is 12.7. The van der Waals surface area contributed by atoms with E-state index in [1.165, 1.54) is 18.3 Å². The van der Waals surface area contributed by atoms with E-state index < -0.39 is 23.4 Å². The molecule has 0 aromatic carbocycles. The van der Waals surface area contributed by atoms with Gasteiger partial charge in [-0.2, -0.15) is 0 Å². The summed E-state index contributed by atoms with van der Waals surface area (Å²) >= 11 is 0. The molecular formula is C15H18N2O6. The average Bonchev–Trinajstić information content (AvgIpc) is 2.56. The van der Waals surface area contributed by atoms with Gasteiger partial charge >= 0.3 is 17.8 Å². The highest BCUT2D eigenvalue weighted by Gasteiger charge is 2.42. The molecule has 1 aliphatic carbocycles. The van der Waals surface area contributed by atoms with Crippen LogP contribution in [0, 0.1) is 0 Å². The minimum absolute atomic E-state index is 0.158. The number of nitrogens with zero attached hydrogens (tertiary/aromatic N) is 1. The van der Waals surface area contributed by atoms with Crippen molar-refractivity contribution in [1.29, 1.82) is 0 Å². The number of anilines is 1. The van der Waals surface area contributed by atoms with Crippen LogP contribution in [0.25, 0.3) is 0 Å². The first-order valence-electron chi connectivity index (χ1n) is 7.24. The third kappa shape index (κ3) is 3.97. The monoisotopic (exact) mass is 322 g/mol. The maximum absolute atomic E-state index is 11.5. The summed E-state index contributed by atoms with van der Waals surface area (Å²) in [5.74, 6) is -2.78. The summed E-state index contributed by atoms with van der Waals surface area (Å²) in [4.78, 5) is 37.9. The van der Waals surface area contributed by atoms with E-state index in [0.29, 0.717) is 12.8 Å². The fourth-order valence-electron chi connectivity index (χ4n) is 2.47. The van der Waals surface area contributed by atoms with Crippen LogP contribution in [0.3, 0.4) is 0 Å². The van der Waals surface area contributed by atoms with Crippen molar-refractivity contribution >= 4 is 23.5 Å². The van der Waals surface area contributed by atoms with Crippen molar-refractivity contribution in [3.63, 3.8) is 0 Å². The Labute approximate surface area is 132 Å². The summed E-state index contributed by atoms with van der Waals surface area (Å²) in [6.45, 7) is 0. The van der Waals surface area contributed by atoms with Crippen LogP contribution in [-0.2, 0) is 19.1 Å². The molecule has 0 atom stereocenters. The molecule has 8 nitrogen and oxygen atoms in total. The zero-order valence-corrected chi connectivity index (χ0v) is 12.7. The minimum Gasteiger partial charge on any atom is -0.478 e. The van der Waals surface area contributed by atoms with Gasteiger partial charge in [-0.15, -0.1) is 0 Å². The molecule has 0 aliphatic heterocycles. The molecule has 8 heteroatoms. The molecule has 1 heterocycles. The van der Waals surface area contributed by atoms with Gasteiger partial charge in [0.05, 0.1) is 19.0 Å². The number of carbonyl (C=O) groups excluding carboxylic acids is 2. The first-order chi connectivity index (χ1) is 11.0. The molecule has 2 N–H and O–H groups in total. The second kappa shape index (κ2) is 7.08. The third-order valence-corrected chi connectivity index (χ3v) is 3.72. The number of ether oxygens (including phenoxy) is 2. The molecule has 23 heavy (non-hydrogen) atoms. The fraction of sp³-hybridized carbons (Fsp3) is 0.467. The van der Waals surface area contributed by atoms with Crippen LogP contribution in [0.5, 0.6) is 5.88 Å². The van der Waals surface area contributed by atoms with E-state index in [9.17, 15) is 19.5 Å². The first-order valence-corrected chi connectivity index (χ1v) is 7.24. The van der Waals surface area contributed by atoms with Gasteiger partial charge in [0, 0.05) is 6.07 Å². The fourth-order valence-corrected chi connectivity index (χ4v) is 2.47. The molecule has 1 aliphatic rings. The van der Waals surface area contributed by atoms with Gasteiger partial charge in [0.25, 0.3) is 0 Å².